The van der Waals surface area contributed by atoms with Crippen LogP contribution in [0.5, 0.6) is 11.5 Å². The topological polar surface area (TPSA) is 96.5 Å². The first-order valence-corrected chi connectivity index (χ1v) is 13.5. The predicted octanol–water partition coefficient (Wildman–Crippen LogP) is 5.12. The summed E-state index contributed by atoms with van der Waals surface area (Å²) in [4.78, 5) is 26.1. The Bertz CT molecular complexity index is 1470. The summed E-state index contributed by atoms with van der Waals surface area (Å²) in [5, 5.41) is 11.8. The molecule has 4 aromatic rings. The summed E-state index contributed by atoms with van der Waals surface area (Å²) in [5.41, 5.74) is 4.19. The first kappa shape index (κ1) is 25.0. The van der Waals surface area contributed by atoms with E-state index in [2.05, 4.69) is 27.6 Å². The van der Waals surface area contributed by atoms with Gasteiger partial charge >= 0.3 is 0 Å². The highest BCUT2D eigenvalue weighted by molar-refractivity contribution is 6.01. The number of nitrogens with one attached hydrogen (secondary N) is 2. The number of methoxy groups -OCH3 is 1. The molecule has 1 saturated heterocycles. The van der Waals surface area contributed by atoms with Crippen LogP contribution < -0.4 is 14.8 Å². The number of carbonyl (C=O) groups excluding carboxylic acids is 2. The van der Waals surface area contributed by atoms with E-state index in [4.69, 9.17) is 9.47 Å². The monoisotopic (exact) mass is 524 g/mol. The first-order valence-electron chi connectivity index (χ1n) is 13.5. The van der Waals surface area contributed by atoms with Crippen LogP contribution in [0.2, 0.25) is 0 Å². The van der Waals surface area contributed by atoms with E-state index < -0.39 is 0 Å². The van der Waals surface area contributed by atoms with Crippen molar-refractivity contribution in [3.05, 3.63) is 77.9 Å². The number of amides is 2. The van der Waals surface area contributed by atoms with Gasteiger partial charge in [-0.05, 0) is 60.7 Å². The number of hydrogen-bond donors (Lipinski definition) is 2. The fourth-order valence-electron chi connectivity index (χ4n) is 5.35. The maximum absolute atomic E-state index is 13.3. The largest absolute Gasteiger partial charge is 0.493 e. The van der Waals surface area contributed by atoms with Crippen molar-refractivity contribution in [3.8, 4) is 22.8 Å². The molecule has 6 rings (SSSR count). The number of benzene rings is 3. The molecule has 0 bridgehead atoms. The Morgan fingerprint density at radius 3 is 2.54 bits per heavy atom. The summed E-state index contributed by atoms with van der Waals surface area (Å²) in [6.07, 6.45) is 4.75. The van der Waals surface area contributed by atoms with Crippen molar-refractivity contribution in [2.75, 3.05) is 20.2 Å². The number of fused-ring (bicyclic) bond motifs is 1. The second-order valence-corrected chi connectivity index (χ2v) is 10.4. The van der Waals surface area contributed by atoms with Gasteiger partial charge in [-0.1, -0.05) is 30.3 Å². The number of piperidine rings is 1. The minimum Gasteiger partial charge on any atom is -0.493 e. The number of aromatic nitrogens is 2. The maximum Gasteiger partial charge on any atom is 0.251 e. The summed E-state index contributed by atoms with van der Waals surface area (Å²) >= 11 is 0. The quantitative estimate of drug-likeness (QED) is 0.296. The molecule has 2 N–H and O–H groups in total. The second kappa shape index (κ2) is 10.8. The summed E-state index contributed by atoms with van der Waals surface area (Å²) in [7, 11) is 1.62. The van der Waals surface area contributed by atoms with Gasteiger partial charge in [-0.2, -0.15) is 5.10 Å². The van der Waals surface area contributed by atoms with E-state index in [9.17, 15) is 9.59 Å². The van der Waals surface area contributed by atoms with Crippen LogP contribution in [0.25, 0.3) is 22.2 Å². The van der Waals surface area contributed by atoms with E-state index in [1.165, 1.54) is 0 Å². The van der Waals surface area contributed by atoms with Crippen molar-refractivity contribution in [2.24, 2.45) is 5.92 Å². The second-order valence-electron chi connectivity index (χ2n) is 10.4. The Hall–Kier alpha value is -4.33. The van der Waals surface area contributed by atoms with Crippen molar-refractivity contribution in [1.82, 2.24) is 20.4 Å². The zero-order valence-corrected chi connectivity index (χ0v) is 21.9. The average molecular weight is 525 g/mol. The van der Waals surface area contributed by atoms with E-state index in [-0.39, 0.29) is 18.1 Å². The molecular formula is C31H32N4O4. The number of carbonyl (C=O) groups is 2. The Kier molecular flexibility index (Phi) is 6.92. The number of ether oxygens (including phenoxy) is 2. The average Bonchev–Trinajstić information content (AvgIpc) is 3.74. The minimum atomic E-state index is -0.0910. The number of H-pyrrole nitrogens is 1. The van der Waals surface area contributed by atoms with Crippen molar-refractivity contribution in [3.63, 3.8) is 0 Å². The van der Waals surface area contributed by atoms with E-state index in [0.29, 0.717) is 36.1 Å². The molecule has 8 heteroatoms. The van der Waals surface area contributed by atoms with Gasteiger partial charge in [-0.25, -0.2) is 0 Å². The van der Waals surface area contributed by atoms with Gasteiger partial charge in [0.15, 0.2) is 11.5 Å². The fourth-order valence-corrected chi connectivity index (χ4v) is 5.35. The number of likely N-dealkylation sites (tertiary alicyclic amines) is 1. The van der Waals surface area contributed by atoms with Crippen LogP contribution in [0.3, 0.4) is 0 Å². The lowest BCUT2D eigenvalue weighted by atomic mass is 10.0. The summed E-state index contributed by atoms with van der Waals surface area (Å²) < 4.78 is 11.9. The molecule has 1 saturated carbocycles. The standard InChI is InChI=1S/C31H32N4O4/c1-38-28-18-22(10-12-27(28)39-24-13-15-35(19-36)16-14-24)30-25-17-23(9-11-26(25)33-34-30)31(37)32-29(21-7-8-21)20-5-3-2-4-6-20/h2-6,9-12,17-19,21,24,29H,7-8,13-16H2,1H3,(H,32,37)(H,33,34). The minimum absolute atomic E-state index is 0.0145. The lowest BCUT2D eigenvalue weighted by Gasteiger charge is -2.29. The van der Waals surface area contributed by atoms with Crippen molar-refractivity contribution in [2.45, 2.75) is 37.8 Å². The number of aromatic amines is 1. The molecule has 0 radical (unpaired) electrons. The Morgan fingerprint density at radius 1 is 1.03 bits per heavy atom. The summed E-state index contributed by atoms with van der Waals surface area (Å²) in [6, 6.07) is 21.6. The van der Waals surface area contributed by atoms with Crippen LogP contribution in [0.4, 0.5) is 0 Å². The molecule has 2 heterocycles. The molecule has 200 valence electrons. The van der Waals surface area contributed by atoms with Gasteiger partial charge in [-0.15, -0.1) is 0 Å². The number of rotatable bonds is 9. The van der Waals surface area contributed by atoms with Gasteiger partial charge in [0.1, 0.15) is 11.8 Å². The molecule has 2 fully saturated rings. The molecule has 8 nitrogen and oxygen atoms in total. The lowest BCUT2D eigenvalue weighted by Crippen LogP contribution is -2.37. The van der Waals surface area contributed by atoms with Crippen molar-refractivity contribution < 1.29 is 19.1 Å². The predicted molar refractivity (Wildman–Crippen MR) is 149 cm³/mol. The van der Waals surface area contributed by atoms with Gasteiger partial charge in [0.2, 0.25) is 6.41 Å². The third-order valence-electron chi connectivity index (χ3n) is 7.72. The highest BCUT2D eigenvalue weighted by Gasteiger charge is 2.33. The molecule has 39 heavy (non-hydrogen) atoms. The van der Waals surface area contributed by atoms with Gasteiger partial charge < -0.3 is 19.7 Å². The first-order chi connectivity index (χ1) is 19.1. The molecular weight excluding hydrogens is 492 g/mol. The van der Waals surface area contributed by atoms with Gasteiger partial charge in [0.25, 0.3) is 5.91 Å². The maximum atomic E-state index is 13.3. The van der Waals surface area contributed by atoms with Gasteiger partial charge in [-0.3, -0.25) is 14.7 Å². The number of nitrogens with zero attached hydrogens (tertiary/aromatic N) is 2. The molecule has 1 atom stereocenters. The zero-order valence-electron chi connectivity index (χ0n) is 21.9. The molecule has 2 amide bonds. The molecule has 2 aliphatic rings. The van der Waals surface area contributed by atoms with Gasteiger partial charge in [0, 0.05) is 42.4 Å². The summed E-state index contributed by atoms with van der Waals surface area (Å²) in [5.74, 6) is 1.67. The number of hydrogen-bond acceptors (Lipinski definition) is 5. The SMILES string of the molecule is COc1cc(-c2n[nH]c3ccc(C(=O)NC(c4ccccc4)C4CC4)cc23)ccc1OC1CCN(C=O)CC1. The van der Waals surface area contributed by atoms with Crippen LogP contribution in [0.15, 0.2) is 66.7 Å². The molecule has 1 aliphatic heterocycles. The van der Waals surface area contributed by atoms with Crippen LogP contribution in [-0.4, -0.2) is 53.7 Å². The molecule has 3 aromatic carbocycles. The smallest absolute Gasteiger partial charge is 0.251 e. The molecule has 1 aromatic heterocycles. The molecule has 0 spiro atoms. The van der Waals surface area contributed by atoms with Crippen LogP contribution >= 0.6 is 0 Å². The third kappa shape index (κ3) is 5.32. The zero-order chi connectivity index (χ0) is 26.8. The van der Waals surface area contributed by atoms with Crippen LogP contribution in [0, 0.1) is 5.92 Å². The Labute approximate surface area is 227 Å². The third-order valence-corrected chi connectivity index (χ3v) is 7.72. The molecule has 1 aliphatic carbocycles. The van der Waals surface area contributed by atoms with E-state index in [1.54, 1.807) is 12.0 Å². The molecule has 1 unspecified atom stereocenters. The van der Waals surface area contributed by atoms with Crippen molar-refractivity contribution >= 4 is 23.2 Å². The summed E-state index contributed by atoms with van der Waals surface area (Å²) in [6.45, 7) is 1.38. The highest BCUT2D eigenvalue weighted by atomic mass is 16.5. The lowest BCUT2D eigenvalue weighted by molar-refractivity contribution is -0.119. The van der Waals surface area contributed by atoms with Gasteiger partial charge in [0.05, 0.1) is 18.7 Å². The Balaban J connectivity index is 1.23. The van der Waals surface area contributed by atoms with Crippen molar-refractivity contribution in [1.29, 1.82) is 0 Å². The normalized spacial score (nSPS) is 16.6. The highest BCUT2D eigenvalue weighted by Crippen LogP contribution is 2.41. The Morgan fingerprint density at radius 2 is 1.82 bits per heavy atom. The van der Waals surface area contributed by atoms with E-state index >= 15 is 0 Å². The van der Waals surface area contributed by atoms with E-state index in [1.807, 2.05) is 54.6 Å². The fraction of sp³-hybridized carbons (Fsp3) is 0.323. The van der Waals surface area contributed by atoms with Crippen LogP contribution in [0.1, 0.15) is 47.6 Å². The van der Waals surface area contributed by atoms with E-state index in [0.717, 1.165) is 59.8 Å². The van der Waals surface area contributed by atoms with Crippen LogP contribution in [-0.2, 0) is 4.79 Å².